The van der Waals surface area contributed by atoms with E-state index in [1.165, 1.54) is 0 Å². The van der Waals surface area contributed by atoms with Gasteiger partial charge in [-0.2, -0.15) is 10.2 Å². The van der Waals surface area contributed by atoms with Crippen molar-refractivity contribution in [1.82, 2.24) is 5.43 Å². The van der Waals surface area contributed by atoms with Crippen LogP contribution < -0.4 is 25.2 Å². The lowest BCUT2D eigenvalue weighted by Gasteiger charge is -2.22. The summed E-state index contributed by atoms with van der Waals surface area (Å²) in [6, 6.07) is 22.8. The molecule has 0 atom stereocenters. The average molecular weight is 488 g/mol. The standard InChI is InChI=1S/C27H29N5O4/c1-3-32(15-16-33)22-12-10-21(11-13-22)28-30-26-25(29-31-27(26)34)20-9-14-23(24(17-20)35-2)36-18-19-7-5-4-6-8-19/h4-14,17,28,33H,3,15-16,18H2,1-2H3,(H,30,31,34). The Hall–Kier alpha value is -4.37. The summed E-state index contributed by atoms with van der Waals surface area (Å²) in [7, 11) is 1.56. The smallest absolute Gasteiger partial charge is 0.294 e. The van der Waals surface area contributed by atoms with Crippen molar-refractivity contribution in [3.05, 3.63) is 83.9 Å². The number of aliphatic hydroxyl groups is 1. The molecule has 1 aliphatic heterocycles. The van der Waals surface area contributed by atoms with Crippen molar-refractivity contribution in [3.8, 4) is 11.5 Å². The number of aliphatic hydroxyl groups excluding tert-OH is 1. The van der Waals surface area contributed by atoms with Crippen molar-refractivity contribution in [2.75, 3.05) is 37.1 Å². The van der Waals surface area contributed by atoms with Crippen molar-refractivity contribution < 1.29 is 19.4 Å². The molecule has 9 heteroatoms. The lowest BCUT2D eigenvalue weighted by molar-refractivity contribution is -0.114. The third-order valence-corrected chi connectivity index (χ3v) is 5.66. The number of ether oxygens (including phenoxy) is 2. The molecule has 3 N–H and O–H groups in total. The van der Waals surface area contributed by atoms with Gasteiger partial charge in [-0.25, -0.2) is 5.43 Å². The van der Waals surface area contributed by atoms with Crippen LogP contribution in [0.3, 0.4) is 0 Å². The molecular formula is C27H29N5O4. The van der Waals surface area contributed by atoms with Crippen molar-refractivity contribution in [2.45, 2.75) is 13.5 Å². The van der Waals surface area contributed by atoms with Gasteiger partial charge in [0, 0.05) is 24.3 Å². The second-order valence-electron chi connectivity index (χ2n) is 7.96. The Labute approximate surface area is 210 Å². The number of carbonyl (C=O) groups excluding carboxylic acids is 1. The number of anilines is 2. The number of nitrogens with zero attached hydrogens (tertiary/aromatic N) is 3. The summed E-state index contributed by atoms with van der Waals surface area (Å²) in [6.07, 6.45) is 0. The zero-order chi connectivity index (χ0) is 25.3. The minimum Gasteiger partial charge on any atom is -0.493 e. The van der Waals surface area contributed by atoms with Gasteiger partial charge in [0.1, 0.15) is 12.3 Å². The van der Waals surface area contributed by atoms with Gasteiger partial charge in [0.2, 0.25) is 0 Å². The lowest BCUT2D eigenvalue weighted by Crippen LogP contribution is -2.26. The Balaban J connectivity index is 1.48. The maximum absolute atomic E-state index is 12.4. The zero-order valence-electron chi connectivity index (χ0n) is 20.3. The van der Waals surface area contributed by atoms with Gasteiger partial charge in [0.25, 0.3) is 5.91 Å². The maximum Gasteiger partial charge on any atom is 0.294 e. The number of carbonyl (C=O) groups is 1. The predicted molar refractivity (Wildman–Crippen MR) is 141 cm³/mol. The Morgan fingerprint density at radius 1 is 1.06 bits per heavy atom. The van der Waals surface area contributed by atoms with Crippen molar-refractivity contribution in [1.29, 1.82) is 0 Å². The first-order chi connectivity index (χ1) is 17.6. The van der Waals surface area contributed by atoms with E-state index in [9.17, 15) is 9.90 Å². The largest absolute Gasteiger partial charge is 0.493 e. The third kappa shape index (κ3) is 5.81. The van der Waals surface area contributed by atoms with Crippen LogP contribution in [-0.2, 0) is 11.4 Å². The molecule has 0 saturated heterocycles. The number of rotatable bonds is 11. The van der Waals surface area contributed by atoms with E-state index >= 15 is 0 Å². The minimum absolute atomic E-state index is 0.0869. The Morgan fingerprint density at radius 3 is 2.53 bits per heavy atom. The van der Waals surface area contributed by atoms with E-state index in [0.29, 0.717) is 41.6 Å². The molecule has 36 heavy (non-hydrogen) atoms. The second kappa shape index (κ2) is 11.9. The SMILES string of the molecule is CCN(CCO)c1ccc(N/N=C2/C(=O)NN=C2c2ccc(OCc3ccccc3)c(OC)c2)cc1. The van der Waals surface area contributed by atoms with Gasteiger partial charge >= 0.3 is 0 Å². The van der Waals surface area contributed by atoms with Crippen LogP contribution >= 0.6 is 0 Å². The first kappa shape index (κ1) is 24.7. The van der Waals surface area contributed by atoms with E-state index in [4.69, 9.17) is 9.47 Å². The van der Waals surface area contributed by atoms with Crippen LogP contribution in [0.2, 0.25) is 0 Å². The van der Waals surface area contributed by atoms with E-state index in [1.807, 2.05) is 67.6 Å². The topological polar surface area (TPSA) is 108 Å². The molecule has 0 aliphatic carbocycles. The van der Waals surface area contributed by atoms with E-state index in [2.05, 4.69) is 26.0 Å². The van der Waals surface area contributed by atoms with E-state index in [-0.39, 0.29) is 12.3 Å². The number of amides is 1. The van der Waals surface area contributed by atoms with Crippen LogP contribution in [0.4, 0.5) is 11.4 Å². The number of methoxy groups -OCH3 is 1. The van der Waals surface area contributed by atoms with Crippen molar-refractivity contribution in [2.24, 2.45) is 10.2 Å². The molecule has 0 radical (unpaired) electrons. The molecule has 0 aromatic heterocycles. The van der Waals surface area contributed by atoms with Gasteiger partial charge in [-0.05, 0) is 55.0 Å². The molecule has 1 amide bonds. The van der Waals surface area contributed by atoms with Gasteiger partial charge < -0.3 is 19.5 Å². The van der Waals surface area contributed by atoms with Crippen LogP contribution in [0.5, 0.6) is 11.5 Å². The first-order valence-corrected chi connectivity index (χ1v) is 11.7. The number of nitrogens with one attached hydrogen (secondary N) is 2. The quantitative estimate of drug-likeness (QED) is 0.358. The molecule has 1 heterocycles. The number of hydrogen-bond donors (Lipinski definition) is 3. The molecule has 0 saturated carbocycles. The molecule has 9 nitrogen and oxygen atoms in total. The predicted octanol–water partition coefficient (Wildman–Crippen LogP) is 3.39. The highest BCUT2D eigenvalue weighted by atomic mass is 16.5. The first-order valence-electron chi connectivity index (χ1n) is 11.7. The molecule has 4 rings (SSSR count). The fraction of sp³-hybridized carbons (Fsp3) is 0.222. The zero-order valence-corrected chi connectivity index (χ0v) is 20.3. The highest BCUT2D eigenvalue weighted by Gasteiger charge is 2.27. The minimum atomic E-state index is -0.405. The molecule has 0 unspecified atom stereocenters. The summed E-state index contributed by atoms with van der Waals surface area (Å²) in [4.78, 5) is 14.5. The number of likely N-dealkylation sites (N-methyl/N-ethyl adjacent to an activating group) is 1. The van der Waals surface area contributed by atoms with Crippen LogP contribution in [0.1, 0.15) is 18.1 Å². The fourth-order valence-corrected chi connectivity index (χ4v) is 3.75. The molecule has 0 bridgehead atoms. The summed E-state index contributed by atoms with van der Waals surface area (Å²) in [5.41, 5.74) is 9.39. The highest BCUT2D eigenvalue weighted by molar-refractivity contribution is 6.72. The second-order valence-corrected chi connectivity index (χ2v) is 7.96. The lowest BCUT2D eigenvalue weighted by atomic mass is 10.1. The van der Waals surface area contributed by atoms with Gasteiger partial charge in [-0.1, -0.05) is 30.3 Å². The summed E-state index contributed by atoms with van der Waals surface area (Å²) in [5, 5.41) is 17.7. The maximum atomic E-state index is 12.4. The molecule has 0 spiro atoms. The summed E-state index contributed by atoms with van der Waals surface area (Å²) in [6.45, 7) is 3.87. The third-order valence-electron chi connectivity index (χ3n) is 5.66. The summed E-state index contributed by atoms with van der Waals surface area (Å²) >= 11 is 0. The Kier molecular flexibility index (Phi) is 8.15. The Morgan fingerprint density at radius 2 is 1.83 bits per heavy atom. The van der Waals surface area contributed by atoms with E-state index in [0.717, 1.165) is 17.8 Å². The van der Waals surface area contributed by atoms with Gasteiger partial charge in [-0.15, -0.1) is 0 Å². The Bertz CT molecular complexity index is 1240. The fourth-order valence-electron chi connectivity index (χ4n) is 3.75. The van der Waals surface area contributed by atoms with E-state index in [1.54, 1.807) is 19.2 Å². The molecule has 3 aromatic rings. The van der Waals surface area contributed by atoms with E-state index < -0.39 is 5.91 Å². The molecule has 186 valence electrons. The van der Waals surface area contributed by atoms with Gasteiger partial charge in [0.15, 0.2) is 17.2 Å². The van der Waals surface area contributed by atoms with Crippen molar-refractivity contribution in [3.63, 3.8) is 0 Å². The van der Waals surface area contributed by atoms with Crippen molar-refractivity contribution >= 4 is 28.7 Å². The number of benzene rings is 3. The van der Waals surface area contributed by atoms with Gasteiger partial charge in [-0.3, -0.25) is 10.2 Å². The average Bonchev–Trinajstić information content (AvgIpc) is 3.30. The molecule has 3 aromatic carbocycles. The van der Waals surface area contributed by atoms with Crippen LogP contribution in [0.25, 0.3) is 0 Å². The summed E-state index contributed by atoms with van der Waals surface area (Å²) in [5.74, 6) is 0.705. The monoisotopic (exact) mass is 487 g/mol. The number of hydrogen-bond acceptors (Lipinski definition) is 8. The summed E-state index contributed by atoms with van der Waals surface area (Å²) < 4.78 is 11.4. The number of hydrazone groups is 2. The van der Waals surface area contributed by atoms with Crippen LogP contribution in [0, 0.1) is 0 Å². The van der Waals surface area contributed by atoms with Crippen LogP contribution in [0.15, 0.2) is 83.0 Å². The normalized spacial score (nSPS) is 13.8. The molecule has 1 aliphatic rings. The van der Waals surface area contributed by atoms with Crippen LogP contribution in [-0.4, -0.2) is 49.2 Å². The molecule has 0 fully saturated rings. The molecular weight excluding hydrogens is 458 g/mol. The van der Waals surface area contributed by atoms with Gasteiger partial charge in [0.05, 0.1) is 19.4 Å². The highest BCUT2D eigenvalue weighted by Crippen LogP contribution is 2.29.